The SMILES string of the molecule is Cc1ccc(CN(C(=O)COc2cc(C)cc(C)c2C)[C@H](C)C(=O)NC(C)(C)C)cc1. The third-order valence-corrected chi connectivity index (χ3v) is 5.25. The molecule has 1 atom stereocenters. The first-order valence-corrected chi connectivity index (χ1v) is 10.7. The fraction of sp³-hybridized carbons (Fsp3) is 0.462. The zero-order valence-corrected chi connectivity index (χ0v) is 20.1. The Balaban J connectivity index is 2.22. The zero-order chi connectivity index (χ0) is 23.3. The van der Waals surface area contributed by atoms with Gasteiger partial charge in [0.2, 0.25) is 5.91 Å². The summed E-state index contributed by atoms with van der Waals surface area (Å²) in [4.78, 5) is 27.6. The molecule has 0 unspecified atom stereocenters. The number of hydrogen-bond donors (Lipinski definition) is 1. The summed E-state index contributed by atoms with van der Waals surface area (Å²) in [6, 6.07) is 11.4. The highest BCUT2D eigenvalue weighted by Crippen LogP contribution is 2.23. The van der Waals surface area contributed by atoms with Crippen molar-refractivity contribution in [3.63, 3.8) is 0 Å². The quantitative estimate of drug-likeness (QED) is 0.705. The second kappa shape index (κ2) is 9.99. The lowest BCUT2D eigenvalue weighted by molar-refractivity contribution is -0.142. The monoisotopic (exact) mass is 424 g/mol. The third-order valence-electron chi connectivity index (χ3n) is 5.25. The first kappa shape index (κ1) is 24.4. The standard InChI is InChI=1S/C26H36N2O3/c1-17-9-11-22(12-10-17)15-28(21(5)25(30)27-26(6,7)8)24(29)16-31-23-14-18(2)13-19(3)20(23)4/h9-14,21H,15-16H2,1-8H3,(H,27,30)/t21-/m1/s1. The van der Waals surface area contributed by atoms with Gasteiger partial charge in [0.25, 0.3) is 5.91 Å². The molecule has 31 heavy (non-hydrogen) atoms. The Morgan fingerprint density at radius 3 is 2.19 bits per heavy atom. The van der Waals surface area contributed by atoms with Crippen molar-refractivity contribution < 1.29 is 14.3 Å². The maximum atomic E-state index is 13.2. The van der Waals surface area contributed by atoms with Crippen molar-refractivity contribution in [1.29, 1.82) is 0 Å². The van der Waals surface area contributed by atoms with E-state index in [9.17, 15) is 9.59 Å². The van der Waals surface area contributed by atoms with Crippen molar-refractivity contribution in [3.8, 4) is 5.75 Å². The normalized spacial score (nSPS) is 12.3. The van der Waals surface area contributed by atoms with Gasteiger partial charge in [-0.25, -0.2) is 0 Å². The Morgan fingerprint density at radius 2 is 1.61 bits per heavy atom. The summed E-state index contributed by atoms with van der Waals surface area (Å²) in [5.41, 5.74) is 4.96. The molecule has 5 nitrogen and oxygen atoms in total. The van der Waals surface area contributed by atoms with Gasteiger partial charge in [0, 0.05) is 12.1 Å². The van der Waals surface area contributed by atoms with Crippen molar-refractivity contribution in [3.05, 3.63) is 64.2 Å². The van der Waals surface area contributed by atoms with E-state index >= 15 is 0 Å². The van der Waals surface area contributed by atoms with Gasteiger partial charge in [-0.3, -0.25) is 9.59 Å². The predicted molar refractivity (Wildman–Crippen MR) is 125 cm³/mol. The predicted octanol–water partition coefficient (Wildman–Crippen LogP) is 4.63. The van der Waals surface area contributed by atoms with Gasteiger partial charge in [-0.15, -0.1) is 0 Å². The highest BCUT2D eigenvalue weighted by atomic mass is 16.5. The molecule has 168 valence electrons. The van der Waals surface area contributed by atoms with Gasteiger partial charge in [0.15, 0.2) is 6.61 Å². The van der Waals surface area contributed by atoms with E-state index in [1.807, 2.05) is 78.8 Å². The van der Waals surface area contributed by atoms with Gasteiger partial charge in [-0.2, -0.15) is 0 Å². The van der Waals surface area contributed by atoms with Crippen molar-refractivity contribution in [2.45, 2.75) is 73.5 Å². The van der Waals surface area contributed by atoms with E-state index in [4.69, 9.17) is 4.74 Å². The highest BCUT2D eigenvalue weighted by Gasteiger charge is 2.28. The number of nitrogens with zero attached hydrogens (tertiary/aromatic N) is 1. The number of amides is 2. The third kappa shape index (κ3) is 7.12. The molecular weight excluding hydrogens is 388 g/mol. The smallest absolute Gasteiger partial charge is 0.261 e. The molecule has 1 N–H and O–H groups in total. The van der Waals surface area contributed by atoms with Crippen LogP contribution < -0.4 is 10.1 Å². The second-order valence-electron chi connectivity index (χ2n) is 9.42. The highest BCUT2D eigenvalue weighted by molar-refractivity contribution is 5.88. The number of nitrogens with one attached hydrogen (secondary N) is 1. The first-order chi connectivity index (χ1) is 14.4. The number of aryl methyl sites for hydroxylation is 3. The molecule has 0 heterocycles. The summed E-state index contributed by atoms with van der Waals surface area (Å²) >= 11 is 0. The molecule has 0 aliphatic rings. The van der Waals surface area contributed by atoms with Crippen molar-refractivity contribution in [1.82, 2.24) is 10.2 Å². The summed E-state index contributed by atoms with van der Waals surface area (Å²) < 4.78 is 5.91. The van der Waals surface area contributed by atoms with Crippen LogP contribution in [0, 0.1) is 27.7 Å². The molecule has 0 fully saturated rings. The van der Waals surface area contributed by atoms with E-state index in [0.29, 0.717) is 12.3 Å². The Labute approximate surface area is 186 Å². The lowest BCUT2D eigenvalue weighted by Crippen LogP contribution is -2.53. The minimum Gasteiger partial charge on any atom is -0.483 e. The first-order valence-electron chi connectivity index (χ1n) is 10.7. The molecule has 2 amide bonds. The molecule has 2 aromatic carbocycles. The fourth-order valence-corrected chi connectivity index (χ4v) is 3.32. The lowest BCUT2D eigenvalue weighted by Gasteiger charge is -2.31. The Kier molecular flexibility index (Phi) is 7.88. The van der Waals surface area contributed by atoms with Gasteiger partial charge in [0.1, 0.15) is 11.8 Å². The van der Waals surface area contributed by atoms with E-state index in [1.54, 1.807) is 11.8 Å². The zero-order valence-electron chi connectivity index (χ0n) is 20.1. The van der Waals surface area contributed by atoms with Crippen molar-refractivity contribution >= 4 is 11.8 Å². The number of carbonyl (C=O) groups is 2. The number of ether oxygens (including phenoxy) is 1. The van der Waals surface area contributed by atoms with Gasteiger partial charge in [-0.05, 0) is 83.7 Å². The summed E-state index contributed by atoms with van der Waals surface area (Å²) in [6.45, 7) is 15.8. The van der Waals surface area contributed by atoms with Crippen LogP contribution in [-0.2, 0) is 16.1 Å². The van der Waals surface area contributed by atoms with Gasteiger partial charge >= 0.3 is 0 Å². The van der Waals surface area contributed by atoms with E-state index in [1.165, 1.54) is 0 Å². The molecule has 0 saturated heterocycles. The van der Waals surface area contributed by atoms with Crippen LogP contribution in [-0.4, -0.2) is 34.9 Å². The molecule has 0 radical (unpaired) electrons. The fourth-order valence-electron chi connectivity index (χ4n) is 3.32. The summed E-state index contributed by atoms with van der Waals surface area (Å²) in [5.74, 6) is 0.291. The molecule has 0 aliphatic carbocycles. The molecular formula is C26H36N2O3. The van der Waals surface area contributed by atoms with Crippen LogP contribution >= 0.6 is 0 Å². The van der Waals surface area contributed by atoms with Crippen LogP contribution in [0.25, 0.3) is 0 Å². The Morgan fingerprint density at radius 1 is 1.00 bits per heavy atom. The topological polar surface area (TPSA) is 58.6 Å². The molecule has 0 aliphatic heterocycles. The van der Waals surface area contributed by atoms with Gasteiger partial charge in [-0.1, -0.05) is 35.9 Å². The van der Waals surface area contributed by atoms with E-state index in [0.717, 1.165) is 27.8 Å². The minimum atomic E-state index is -0.628. The van der Waals surface area contributed by atoms with Crippen LogP contribution in [0.2, 0.25) is 0 Å². The molecule has 5 heteroatoms. The number of carbonyl (C=O) groups excluding carboxylic acids is 2. The largest absolute Gasteiger partial charge is 0.483 e. The Bertz CT molecular complexity index is 927. The molecule has 2 rings (SSSR count). The molecule has 0 bridgehead atoms. The summed E-state index contributed by atoms with van der Waals surface area (Å²) in [5, 5.41) is 2.97. The maximum absolute atomic E-state index is 13.2. The average Bonchev–Trinajstić information content (AvgIpc) is 2.67. The molecule has 0 aromatic heterocycles. The van der Waals surface area contributed by atoms with E-state index < -0.39 is 6.04 Å². The van der Waals surface area contributed by atoms with Crippen LogP contribution in [0.4, 0.5) is 0 Å². The lowest BCUT2D eigenvalue weighted by atomic mass is 10.1. The molecule has 2 aromatic rings. The summed E-state index contributed by atoms with van der Waals surface area (Å²) in [7, 11) is 0. The second-order valence-corrected chi connectivity index (χ2v) is 9.42. The van der Waals surface area contributed by atoms with E-state index in [2.05, 4.69) is 11.4 Å². The van der Waals surface area contributed by atoms with E-state index in [-0.39, 0.29) is 24.0 Å². The van der Waals surface area contributed by atoms with Crippen molar-refractivity contribution in [2.24, 2.45) is 0 Å². The average molecular weight is 425 g/mol. The number of rotatable bonds is 7. The number of hydrogen-bond acceptors (Lipinski definition) is 3. The van der Waals surface area contributed by atoms with Gasteiger partial charge < -0.3 is 15.0 Å². The van der Waals surface area contributed by atoms with Crippen LogP contribution in [0.3, 0.4) is 0 Å². The minimum absolute atomic E-state index is 0.122. The van der Waals surface area contributed by atoms with Crippen molar-refractivity contribution in [2.75, 3.05) is 6.61 Å². The molecule has 0 spiro atoms. The molecule has 0 saturated carbocycles. The Hall–Kier alpha value is -2.82. The summed E-state index contributed by atoms with van der Waals surface area (Å²) in [6.07, 6.45) is 0. The van der Waals surface area contributed by atoms with Crippen LogP contribution in [0.15, 0.2) is 36.4 Å². The van der Waals surface area contributed by atoms with Gasteiger partial charge in [0.05, 0.1) is 0 Å². The number of benzene rings is 2. The van der Waals surface area contributed by atoms with Crippen LogP contribution in [0.1, 0.15) is 55.5 Å². The maximum Gasteiger partial charge on any atom is 0.261 e. The van der Waals surface area contributed by atoms with Crippen LogP contribution in [0.5, 0.6) is 5.75 Å².